The SMILES string of the molecule is CC(C)(CO)Oc1ccc(-n2nnc3cnc(NC4CCC(C(N)=O)C4)nc32)cc1. The van der Waals surface area contributed by atoms with E-state index in [1.165, 1.54) is 0 Å². The van der Waals surface area contributed by atoms with E-state index in [2.05, 4.69) is 25.6 Å². The highest BCUT2D eigenvalue weighted by Gasteiger charge is 2.29. The number of fused-ring (bicyclic) bond motifs is 1. The Balaban J connectivity index is 1.54. The molecule has 2 unspecified atom stereocenters. The number of hydrogen-bond acceptors (Lipinski definition) is 8. The number of aliphatic hydroxyl groups is 1. The zero-order valence-corrected chi connectivity index (χ0v) is 16.9. The number of nitrogens with zero attached hydrogens (tertiary/aromatic N) is 5. The Labute approximate surface area is 173 Å². The number of aliphatic hydroxyl groups excluding tert-OH is 1. The Morgan fingerprint density at radius 1 is 1.33 bits per heavy atom. The van der Waals surface area contributed by atoms with Crippen LogP contribution in [0.15, 0.2) is 30.5 Å². The fraction of sp³-hybridized carbons (Fsp3) is 0.450. The summed E-state index contributed by atoms with van der Waals surface area (Å²) in [5, 5.41) is 21.0. The highest BCUT2D eigenvalue weighted by Crippen LogP contribution is 2.27. The van der Waals surface area contributed by atoms with Crippen molar-refractivity contribution in [3.63, 3.8) is 0 Å². The number of primary amides is 1. The van der Waals surface area contributed by atoms with Gasteiger partial charge in [0, 0.05) is 12.0 Å². The predicted molar refractivity (Wildman–Crippen MR) is 110 cm³/mol. The van der Waals surface area contributed by atoms with Crippen LogP contribution in [0.1, 0.15) is 33.1 Å². The molecule has 1 saturated carbocycles. The lowest BCUT2D eigenvalue weighted by Crippen LogP contribution is -2.32. The summed E-state index contributed by atoms with van der Waals surface area (Å²) in [6.45, 7) is 3.54. The van der Waals surface area contributed by atoms with Crippen molar-refractivity contribution in [3.8, 4) is 11.4 Å². The van der Waals surface area contributed by atoms with E-state index in [1.807, 2.05) is 38.1 Å². The molecule has 2 aromatic heterocycles. The van der Waals surface area contributed by atoms with Crippen LogP contribution >= 0.6 is 0 Å². The monoisotopic (exact) mass is 411 g/mol. The number of carbonyl (C=O) groups is 1. The molecule has 0 radical (unpaired) electrons. The van der Waals surface area contributed by atoms with Crippen molar-refractivity contribution in [3.05, 3.63) is 30.5 Å². The summed E-state index contributed by atoms with van der Waals surface area (Å²) in [7, 11) is 0. The van der Waals surface area contributed by atoms with Crippen LogP contribution in [0.5, 0.6) is 5.75 Å². The molecule has 4 rings (SSSR count). The molecule has 0 aliphatic heterocycles. The maximum absolute atomic E-state index is 11.4. The van der Waals surface area contributed by atoms with Gasteiger partial charge in [-0.05, 0) is 57.4 Å². The number of nitrogens with one attached hydrogen (secondary N) is 1. The number of nitrogens with two attached hydrogens (primary N) is 1. The molecule has 1 fully saturated rings. The van der Waals surface area contributed by atoms with Crippen LogP contribution in [0.3, 0.4) is 0 Å². The van der Waals surface area contributed by atoms with Gasteiger partial charge in [0.15, 0.2) is 11.2 Å². The van der Waals surface area contributed by atoms with Crippen LogP contribution in [0.4, 0.5) is 5.95 Å². The minimum absolute atomic E-state index is 0.0870. The second-order valence-electron chi connectivity index (χ2n) is 8.17. The molecule has 1 amide bonds. The molecular formula is C20H25N7O3. The molecule has 30 heavy (non-hydrogen) atoms. The van der Waals surface area contributed by atoms with Crippen LogP contribution in [0.25, 0.3) is 16.9 Å². The molecule has 4 N–H and O–H groups in total. The first-order chi connectivity index (χ1) is 14.3. The van der Waals surface area contributed by atoms with E-state index in [1.54, 1.807) is 10.9 Å². The first-order valence-corrected chi connectivity index (χ1v) is 9.89. The maximum Gasteiger partial charge on any atom is 0.225 e. The van der Waals surface area contributed by atoms with Crippen molar-refractivity contribution in [2.75, 3.05) is 11.9 Å². The molecule has 0 saturated heterocycles. The maximum atomic E-state index is 11.4. The van der Waals surface area contributed by atoms with Crippen LogP contribution in [0, 0.1) is 5.92 Å². The van der Waals surface area contributed by atoms with Gasteiger partial charge in [-0.1, -0.05) is 5.21 Å². The van der Waals surface area contributed by atoms with Gasteiger partial charge in [0.05, 0.1) is 18.5 Å². The zero-order chi connectivity index (χ0) is 21.3. The molecule has 2 heterocycles. The van der Waals surface area contributed by atoms with Gasteiger partial charge in [0.2, 0.25) is 11.9 Å². The van der Waals surface area contributed by atoms with Crippen LogP contribution in [0.2, 0.25) is 0 Å². The highest BCUT2D eigenvalue weighted by molar-refractivity contribution is 5.77. The summed E-state index contributed by atoms with van der Waals surface area (Å²) in [4.78, 5) is 20.3. The smallest absolute Gasteiger partial charge is 0.225 e. The standard InChI is InChI=1S/C20H25N7O3/c1-20(2,11-28)30-15-7-5-14(6-8-15)27-18-16(25-26-27)10-22-19(24-18)23-13-4-3-12(9-13)17(21)29/h5-8,10,12-13,28H,3-4,9,11H2,1-2H3,(H2,21,29)(H,22,23,24). The number of anilines is 1. The van der Waals surface area contributed by atoms with Gasteiger partial charge in [-0.2, -0.15) is 9.67 Å². The first kappa shape index (κ1) is 20.0. The number of benzene rings is 1. The topological polar surface area (TPSA) is 141 Å². The predicted octanol–water partition coefficient (Wildman–Crippen LogP) is 1.43. The number of hydrogen-bond donors (Lipinski definition) is 3. The second kappa shape index (κ2) is 7.86. The van der Waals surface area contributed by atoms with Gasteiger partial charge < -0.3 is 20.9 Å². The van der Waals surface area contributed by atoms with E-state index >= 15 is 0 Å². The molecule has 1 aliphatic rings. The van der Waals surface area contributed by atoms with Gasteiger partial charge in [-0.3, -0.25) is 4.79 Å². The van der Waals surface area contributed by atoms with Crippen molar-refractivity contribution >= 4 is 23.0 Å². The third kappa shape index (κ3) is 4.18. The summed E-state index contributed by atoms with van der Waals surface area (Å²) in [5.41, 5.74) is 6.66. The van der Waals surface area contributed by atoms with Gasteiger partial charge in [-0.15, -0.1) is 5.10 Å². The molecular weight excluding hydrogens is 386 g/mol. The molecule has 10 heteroatoms. The minimum Gasteiger partial charge on any atom is -0.485 e. The summed E-state index contributed by atoms with van der Waals surface area (Å²) < 4.78 is 7.39. The lowest BCUT2D eigenvalue weighted by atomic mass is 10.1. The molecule has 3 aromatic rings. The molecule has 1 aliphatic carbocycles. The quantitative estimate of drug-likeness (QED) is 0.530. The van der Waals surface area contributed by atoms with Crippen LogP contribution < -0.4 is 15.8 Å². The summed E-state index contributed by atoms with van der Waals surface area (Å²) in [6, 6.07) is 7.42. The van der Waals surface area contributed by atoms with Crippen molar-refractivity contribution in [1.29, 1.82) is 0 Å². The Bertz CT molecular complexity index is 1050. The molecule has 158 valence electrons. The third-order valence-electron chi connectivity index (χ3n) is 5.22. The minimum atomic E-state index is -0.664. The van der Waals surface area contributed by atoms with Gasteiger partial charge in [-0.25, -0.2) is 4.98 Å². The Morgan fingerprint density at radius 3 is 2.77 bits per heavy atom. The fourth-order valence-corrected chi connectivity index (χ4v) is 3.53. The average Bonchev–Trinajstić information content (AvgIpc) is 3.35. The first-order valence-electron chi connectivity index (χ1n) is 9.89. The van der Waals surface area contributed by atoms with Crippen molar-refractivity contribution in [2.45, 2.75) is 44.8 Å². The number of rotatable bonds is 7. The van der Waals surface area contributed by atoms with Gasteiger partial charge in [0.1, 0.15) is 11.4 Å². The summed E-state index contributed by atoms with van der Waals surface area (Å²) in [5.74, 6) is 0.748. The average molecular weight is 411 g/mol. The number of aromatic nitrogens is 5. The Kier molecular flexibility index (Phi) is 5.25. The van der Waals surface area contributed by atoms with Crippen molar-refractivity contribution in [2.24, 2.45) is 11.7 Å². The van der Waals surface area contributed by atoms with Crippen molar-refractivity contribution in [1.82, 2.24) is 25.0 Å². The van der Waals surface area contributed by atoms with E-state index in [9.17, 15) is 9.90 Å². The largest absolute Gasteiger partial charge is 0.485 e. The molecule has 1 aromatic carbocycles. The zero-order valence-electron chi connectivity index (χ0n) is 16.9. The lowest BCUT2D eigenvalue weighted by molar-refractivity contribution is -0.121. The van der Waals surface area contributed by atoms with Gasteiger partial charge >= 0.3 is 0 Å². The van der Waals surface area contributed by atoms with Crippen molar-refractivity contribution < 1.29 is 14.6 Å². The molecule has 2 atom stereocenters. The Morgan fingerprint density at radius 2 is 2.10 bits per heavy atom. The molecule has 0 spiro atoms. The van der Waals surface area contributed by atoms with E-state index in [4.69, 9.17) is 10.5 Å². The number of carbonyl (C=O) groups excluding carboxylic acids is 1. The third-order valence-corrected chi connectivity index (χ3v) is 5.22. The molecule has 0 bridgehead atoms. The highest BCUT2D eigenvalue weighted by atomic mass is 16.5. The van der Waals surface area contributed by atoms with Gasteiger partial charge in [0.25, 0.3) is 0 Å². The summed E-state index contributed by atoms with van der Waals surface area (Å²) in [6.07, 6.45) is 3.92. The van der Waals surface area contributed by atoms with E-state index in [-0.39, 0.29) is 24.5 Å². The van der Waals surface area contributed by atoms with Crippen LogP contribution in [-0.4, -0.2) is 54.2 Å². The van der Waals surface area contributed by atoms with E-state index in [0.29, 0.717) is 29.3 Å². The Hall–Kier alpha value is -3.27. The van der Waals surface area contributed by atoms with Crippen LogP contribution in [-0.2, 0) is 4.79 Å². The summed E-state index contributed by atoms with van der Waals surface area (Å²) >= 11 is 0. The fourth-order valence-electron chi connectivity index (χ4n) is 3.53. The number of ether oxygens (including phenoxy) is 1. The normalized spacial score (nSPS) is 19.2. The lowest BCUT2D eigenvalue weighted by Gasteiger charge is -2.23. The van der Waals surface area contributed by atoms with E-state index < -0.39 is 5.60 Å². The second-order valence-corrected chi connectivity index (χ2v) is 8.17. The van der Waals surface area contributed by atoms with E-state index in [0.717, 1.165) is 18.5 Å². The number of amides is 1. The molecule has 10 nitrogen and oxygen atoms in total.